The normalized spacial score (nSPS) is 12.4. The van der Waals surface area contributed by atoms with E-state index in [1.807, 2.05) is 19.1 Å². The van der Waals surface area contributed by atoms with Crippen molar-refractivity contribution in [1.29, 1.82) is 0 Å². The van der Waals surface area contributed by atoms with E-state index in [0.29, 0.717) is 29.3 Å². The summed E-state index contributed by atoms with van der Waals surface area (Å²) in [7, 11) is -3.79. The monoisotopic (exact) mass is 416 g/mol. The summed E-state index contributed by atoms with van der Waals surface area (Å²) in [6.07, 6.45) is 4.37. The Morgan fingerprint density at radius 3 is 2.34 bits per heavy atom. The lowest BCUT2D eigenvalue weighted by Crippen LogP contribution is -2.29. The number of amides is 1. The highest BCUT2D eigenvalue weighted by Crippen LogP contribution is 2.21. The molecule has 1 amide bonds. The second-order valence-corrected chi connectivity index (χ2v) is 9.23. The second-order valence-electron chi connectivity index (χ2n) is 7.58. The molecule has 1 atom stereocenters. The SMILES string of the molecule is CCCC[C@H](CC)CNC(=O)c1ccc(C)c(S(=O)(=O)Nc2ccc(C)cc2)c1. The number of hydrogen-bond donors (Lipinski definition) is 2. The first-order chi connectivity index (χ1) is 13.8. The zero-order valence-corrected chi connectivity index (χ0v) is 18.6. The van der Waals surface area contributed by atoms with Crippen LogP contribution in [0, 0.1) is 19.8 Å². The molecule has 0 bridgehead atoms. The van der Waals surface area contributed by atoms with Crippen molar-refractivity contribution in [3.05, 3.63) is 59.2 Å². The van der Waals surface area contributed by atoms with Gasteiger partial charge >= 0.3 is 0 Å². The van der Waals surface area contributed by atoms with Gasteiger partial charge in [-0.1, -0.05) is 56.9 Å². The Labute approximate surface area is 175 Å². The number of anilines is 1. The molecule has 6 heteroatoms. The van der Waals surface area contributed by atoms with Crippen molar-refractivity contribution >= 4 is 21.6 Å². The molecule has 2 aromatic rings. The molecule has 2 aromatic carbocycles. The third kappa shape index (κ3) is 6.60. The number of hydrogen-bond acceptors (Lipinski definition) is 3. The molecule has 29 heavy (non-hydrogen) atoms. The first-order valence-corrected chi connectivity index (χ1v) is 11.7. The molecule has 0 aliphatic carbocycles. The summed E-state index contributed by atoms with van der Waals surface area (Å²) >= 11 is 0. The molecule has 2 rings (SSSR count). The predicted molar refractivity (Wildman–Crippen MR) is 119 cm³/mol. The summed E-state index contributed by atoms with van der Waals surface area (Å²) in [4.78, 5) is 12.7. The summed E-state index contributed by atoms with van der Waals surface area (Å²) in [6, 6.07) is 11.9. The first kappa shape index (κ1) is 22.9. The molecule has 0 spiro atoms. The predicted octanol–water partition coefficient (Wildman–Crippen LogP) is 5.05. The van der Waals surface area contributed by atoms with Crippen LogP contribution in [0.5, 0.6) is 0 Å². The largest absolute Gasteiger partial charge is 0.352 e. The number of benzene rings is 2. The molecule has 0 radical (unpaired) electrons. The standard InChI is InChI=1S/C23H32N2O3S/c1-5-7-8-19(6-2)16-24-23(26)20-12-11-18(4)22(15-20)29(27,28)25-21-13-9-17(3)10-14-21/h9-15,19,25H,5-8,16H2,1-4H3,(H,24,26)/t19-/m0/s1. The van der Waals surface area contributed by atoms with E-state index in [-0.39, 0.29) is 10.8 Å². The lowest BCUT2D eigenvalue weighted by molar-refractivity contribution is 0.0945. The number of sulfonamides is 1. The molecule has 0 unspecified atom stereocenters. The molecule has 0 fully saturated rings. The van der Waals surface area contributed by atoms with E-state index in [2.05, 4.69) is 23.9 Å². The van der Waals surface area contributed by atoms with Gasteiger partial charge in [0.1, 0.15) is 0 Å². The molecule has 0 saturated carbocycles. The summed E-state index contributed by atoms with van der Waals surface area (Å²) in [6.45, 7) is 8.55. The minimum atomic E-state index is -3.79. The van der Waals surface area contributed by atoms with E-state index in [1.165, 1.54) is 6.07 Å². The number of carbonyl (C=O) groups is 1. The van der Waals surface area contributed by atoms with Crippen molar-refractivity contribution in [2.45, 2.75) is 58.3 Å². The van der Waals surface area contributed by atoms with Crippen LogP contribution in [0.4, 0.5) is 5.69 Å². The fourth-order valence-corrected chi connectivity index (χ4v) is 4.48. The average molecular weight is 417 g/mol. The molecule has 2 N–H and O–H groups in total. The second kappa shape index (κ2) is 10.4. The minimum Gasteiger partial charge on any atom is -0.352 e. The van der Waals surface area contributed by atoms with Gasteiger partial charge in [-0.25, -0.2) is 8.42 Å². The van der Waals surface area contributed by atoms with Gasteiger partial charge < -0.3 is 5.32 Å². The van der Waals surface area contributed by atoms with E-state index < -0.39 is 10.0 Å². The molecule has 5 nitrogen and oxygen atoms in total. The van der Waals surface area contributed by atoms with Crippen LogP contribution in [0.3, 0.4) is 0 Å². The summed E-state index contributed by atoms with van der Waals surface area (Å²) in [5, 5.41) is 2.96. The van der Waals surface area contributed by atoms with E-state index in [1.54, 1.807) is 31.2 Å². The summed E-state index contributed by atoms with van der Waals surface area (Å²) in [5.41, 5.74) is 2.49. The van der Waals surface area contributed by atoms with Crippen molar-refractivity contribution < 1.29 is 13.2 Å². The van der Waals surface area contributed by atoms with Gasteiger partial charge in [-0.15, -0.1) is 0 Å². The van der Waals surface area contributed by atoms with Gasteiger partial charge in [-0.2, -0.15) is 0 Å². The van der Waals surface area contributed by atoms with Crippen LogP contribution in [0.15, 0.2) is 47.4 Å². The quantitative estimate of drug-likeness (QED) is 0.569. The summed E-state index contributed by atoms with van der Waals surface area (Å²) < 4.78 is 28.3. The fourth-order valence-electron chi connectivity index (χ4n) is 3.14. The average Bonchev–Trinajstić information content (AvgIpc) is 2.69. The van der Waals surface area contributed by atoms with Crippen LogP contribution >= 0.6 is 0 Å². The van der Waals surface area contributed by atoms with Gasteiger partial charge in [0.15, 0.2) is 0 Å². The van der Waals surface area contributed by atoms with Crippen LogP contribution in [0.2, 0.25) is 0 Å². The maximum atomic E-state index is 12.9. The third-order valence-corrected chi connectivity index (χ3v) is 6.66. The molecular formula is C23H32N2O3S. The topological polar surface area (TPSA) is 75.3 Å². The molecule has 0 heterocycles. The van der Waals surface area contributed by atoms with Crippen LogP contribution in [0.1, 0.15) is 61.0 Å². The maximum absolute atomic E-state index is 12.9. The first-order valence-electron chi connectivity index (χ1n) is 10.2. The number of nitrogens with one attached hydrogen (secondary N) is 2. The highest BCUT2D eigenvalue weighted by Gasteiger charge is 2.20. The molecule has 158 valence electrons. The van der Waals surface area contributed by atoms with Crippen molar-refractivity contribution in [2.24, 2.45) is 5.92 Å². The Kier molecular flexibility index (Phi) is 8.26. The Morgan fingerprint density at radius 1 is 1.03 bits per heavy atom. The Morgan fingerprint density at radius 2 is 1.72 bits per heavy atom. The molecular weight excluding hydrogens is 384 g/mol. The zero-order chi connectivity index (χ0) is 21.4. The lowest BCUT2D eigenvalue weighted by Gasteiger charge is -2.16. The van der Waals surface area contributed by atoms with Crippen LogP contribution in [-0.4, -0.2) is 20.9 Å². The Bertz CT molecular complexity index is 922. The van der Waals surface area contributed by atoms with Gasteiger partial charge in [0.2, 0.25) is 0 Å². The molecule has 0 aromatic heterocycles. The van der Waals surface area contributed by atoms with Crippen molar-refractivity contribution in [3.8, 4) is 0 Å². The molecule has 0 aliphatic heterocycles. The van der Waals surface area contributed by atoms with Crippen molar-refractivity contribution in [2.75, 3.05) is 11.3 Å². The fraction of sp³-hybridized carbons (Fsp3) is 0.435. The van der Waals surface area contributed by atoms with E-state index in [4.69, 9.17) is 0 Å². The van der Waals surface area contributed by atoms with Crippen LogP contribution in [-0.2, 0) is 10.0 Å². The van der Waals surface area contributed by atoms with Crippen molar-refractivity contribution in [1.82, 2.24) is 5.32 Å². The highest BCUT2D eigenvalue weighted by molar-refractivity contribution is 7.92. The number of carbonyl (C=O) groups excluding carboxylic acids is 1. The third-order valence-electron chi connectivity index (χ3n) is 5.14. The van der Waals surface area contributed by atoms with E-state index >= 15 is 0 Å². The number of rotatable bonds is 10. The van der Waals surface area contributed by atoms with Crippen LogP contribution < -0.4 is 10.0 Å². The molecule has 0 aliphatic rings. The Balaban J connectivity index is 2.15. The summed E-state index contributed by atoms with van der Waals surface area (Å²) in [5.74, 6) is 0.197. The highest BCUT2D eigenvalue weighted by atomic mass is 32.2. The van der Waals surface area contributed by atoms with Gasteiger partial charge in [0.05, 0.1) is 4.90 Å². The number of unbranched alkanes of at least 4 members (excludes halogenated alkanes) is 1. The van der Waals surface area contributed by atoms with Gasteiger partial charge in [-0.05, 0) is 56.0 Å². The van der Waals surface area contributed by atoms with Crippen LogP contribution in [0.25, 0.3) is 0 Å². The van der Waals surface area contributed by atoms with E-state index in [9.17, 15) is 13.2 Å². The van der Waals surface area contributed by atoms with E-state index in [0.717, 1.165) is 31.2 Å². The zero-order valence-electron chi connectivity index (χ0n) is 17.8. The Hall–Kier alpha value is -2.34. The molecule has 0 saturated heterocycles. The minimum absolute atomic E-state index is 0.115. The van der Waals surface area contributed by atoms with Gasteiger partial charge in [0, 0.05) is 17.8 Å². The lowest BCUT2D eigenvalue weighted by atomic mass is 9.99. The van der Waals surface area contributed by atoms with Gasteiger partial charge in [0.25, 0.3) is 15.9 Å². The maximum Gasteiger partial charge on any atom is 0.262 e. The van der Waals surface area contributed by atoms with Gasteiger partial charge in [-0.3, -0.25) is 9.52 Å². The van der Waals surface area contributed by atoms with Crippen molar-refractivity contribution in [3.63, 3.8) is 0 Å². The number of aryl methyl sites for hydroxylation is 2. The smallest absolute Gasteiger partial charge is 0.262 e.